The van der Waals surface area contributed by atoms with Crippen LogP contribution in [0, 0.1) is 6.92 Å². The molecular weight excluding hydrogens is 347 g/mol. The number of hydrogen-bond acceptors (Lipinski definition) is 4. The van der Waals surface area contributed by atoms with E-state index in [-0.39, 0.29) is 10.8 Å². The quantitative estimate of drug-likeness (QED) is 0.715. The molecule has 0 radical (unpaired) electrons. The fourth-order valence-electron chi connectivity index (χ4n) is 2.05. The van der Waals surface area contributed by atoms with Crippen LogP contribution in [0.3, 0.4) is 0 Å². The van der Waals surface area contributed by atoms with Gasteiger partial charge in [0, 0.05) is 11.5 Å². The summed E-state index contributed by atoms with van der Waals surface area (Å²) in [5.41, 5.74) is 1.04. The van der Waals surface area contributed by atoms with Gasteiger partial charge in [-0.15, -0.1) is 4.09 Å². The zero-order valence-electron chi connectivity index (χ0n) is 11.3. The van der Waals surface area contributed by atoms with Gasteiger partial charge in [-0.25, -0.2) is 0 Å². The van der Waals surface area contributed by atoms with E-state index in [4.69, 9.17) is 27.4 Å². The summed E-state index contributed by atoms with van der Waals surface area (Å²) in [7, 11) is -4.14. The van der Waals surface area contributed by atoms with Crippen molar-refractivity contribution in [3.05, 3.63) is 58.2 Å². The van der Waals surface area contributed by atoms with Crippen molar-refractivity contribution in [2.45, 2.75) is 6.92 Å². The molecule has 0 atom stereocenters. The lowest BCUT2D eigenvalue weighted by Gasteiger charge is -2.08. The maximum atomic E-state index is 12.4. The average Bonchev–Trinajstić information content (AvgIpc) is 2.81. The van der Waals surface area contributed by atoms with Crippen molar-refractivity contribution in [3.63, 3.8) is 0 Å². The second-order valence-electron chi connectivity index (χ2n) is 4.56. The van der Waals surface area contributed by atoms with Crippen LogP contribution in [-0.2, 0) is 10.3 Å². The van der Waals surface area contributed by atoms with E-state index in [1.807, 2.05) is 6.07 Å². The van der Waals surface area contributed by atoms with Gasteiger partial charge in [-0.2, -0.15) is 13.5 Å². The Morgan fingerprint density at radius 1 is 1.09 bits per heavy atom. The molecule has 0 aliphatic carbocycles. The van der Waals surface area contributed by atoms with Crippen LogP contribution in [0.4, 0.5) is 0 Å². The third-order valence-corrected chi connectivity index (χ3v) is 4.89. The van der Waals surface area contributed by atoms with Crippen LogP contribution in [0.15, 0.2) is 42.5 Å². The lowest BCUT2D eigenvalue weighted by molar-refractivity contribution is 0.471. The third kappa shape index (κ3) is 2.65. The molecule has 114 valence electrons. The summed E-state index contributed by atoms with van der Waals surface area (Å²) in [5, 5.41) is 5.30. The molecule has 0 unspecified atom stereocenters. The molecule has 22 heavy (non-hydrogen) atoms. The van der Waals surface area contributed by atoms with Gasteiger partial charge in [-0.05, 0) is 25.1 Å². The Morgan fingerprint density at radius 2 is 1.82 bits per heavy atom. The van der Waals surface area contributed by atoms with E-state index in [2.05, 4.69) is 5.10 Å². The fraction of sp³-hybridized carbons (Fsp3) is 0.0714. The number of aromatic nitrogens is 2. The zero-order valence-corrected chi connectivity index (χ0v) is 13.7. The minimum atomic E-state index is -4.14. The van der Waals surface area contributed by atoms with Gasteiger partial charge in [0.1, 0.15) is 5.75 Å². The second kappa shape index (κ2) is 5.46. The van der Waals surface area contributed by atoms with Crippen LogP contribution < -0.4 is 4.18 Å². The summed E-state index contributed by atoms with van der Waals surface area (Å²) < 4.78 is 30.8. The van der Waals surface area contributed by atoms with E-state index in [1.165, 1.54) is 18.2 Å². The molecule has 0 N–H and O–H groups in total. The van der Waals surface area contributed by atoms with Gasteiger partial charge in [0.25, 0.3) is 0 Å². The number of benzene rings is 2. The minimum absolute atomic E-state index is 0.0617. The monoisotopic (exact) mass is 356 g/mol. The van der Waals surface area contributed by atoms with Crippen molar-refractivity contribution in [1.82, 2.24) is 9.19 Å². The van der Waals surface area contributed by atoms with Crippen molar-refractivity contribution < 1.29 is 12.6 Å². The van der Waals surface area contributed by atoms with Crippen molar-refractivity contribution in [2.75, 3.05) is 0 Å². The third-order valence-electron chi connectivity index (χ3n) is 3.05. The average molecular weight is 357 g/mol. The predicted octanol–water partition coefficient (Wildman–Crippen LogP) is 3.82. The number of hydrogen-bond donors (Lipinski definition) is 0. The summed E-state index contributed by atoms with van der Waals surface area (Å²) in [6, 6.07) is 11.2. The fourth-order valence-corrected chi connectivity index (χ4v) is 3.37. The van der Waals surface area contributed by atoms with Crippen LogP contribution >= 0.6 is 23.2 Å². The number of fused-ring (bicyclic) bond motifs is 1. The first kappa shape index (κ1) is 15.1. The zero-order chi connectivity index (χ0) is 15.9. The van der Waals surface area contributed by atoms with Crippen LogP contribution in [-0.4, -0.2) is 17.6 Å². The maximum Gasteiger partial charge on any atom is 0.429 e. The first-order valence-corrected chi connectivity index (χ1v) is 8.35. The maximum absolute atomic E-state index is 12.4. The highest BCUT2D eigenvalue weighted by molar-refractivity contribution is 7.85. The highest BCUT2D eigenvalue weighted by atomic mass is 35.5. The van der Waals surface area contributed by atoms with E-state index in [0.717, 1.165) is 9.47 Å². The van der Waals surface area contributed by atoms with Gasteiger partial charge >= 0.3 is 10.3 Å². The number of nitrogens with zero attached hydrogens (tertiary/aromatic N) is 2. The topological polar surface area (TPSA) is 61.2 Å². The molecule has 1 heterocycles. The van der Waals surface area contributed by atoms with E-state index in [9.17, 15) is 8.42 Å². The molecule has 5 nitrogen and oxygen atoms in total. The summed E-state index contributed by atoms with van der Waals surface area (Å²) in [6.45, 7) is 1.73. The molecule has 0 spiro atoms. The van der Waals surface area contributed by atoms with Crippen molar-refractivity contribution in [1.29, 1.82) is 0 Å². The Labute approximate surface area is 137 Å². The number of halogens is 2. The molecule has 0 aliphatic heterocycles. The van der Waals surface area contributed by atoms with Crippen LogP contribution in [0.2, 0.25) is 10.0 Å². The highest BCUT2D eigenvalue weighted by Crippen LogP contribution is 2.28. The summed E-state index contributed by atoms with van der Waals surface area (Å²) >= 11 is 11.7. The Bertz CT molecular complexity index is 967. The van der Waals surface area contributed by atoms with Crippen molar-refractivity contribution in [3.8, 4) is 5.75 Å². The molecule has 0 saturated heterocycles. The summed E-state index contributed by atoms with van der Waals surface area (Å²) in [6.07, 6.45) is 0. The van der Waals surface area contributed by atoms with Gasteiger partial charge in [-0.3, -0.25) is 0 Å². The van der Waals surface area contributed by atoms with Crippen LogP contribution in [0.25, 0.3) is 10.9 Å². The van der Waals surface area contributed by atoms with E-state index >= 15 is 0 Å². The number of aryl methyl sites for hydroxylation is 1. The van der Waals surface area contributed by atoms with E-state index in [0.29, 0.717) is 16.2 Å². The molecule has 2 aromatic carbocycles. The first-order chi connectivity index (χ1) is 10.4. The number of para-hydroxylation sites is 1. The smallest absolute Gasteiger partial charge is 0.365 e. The Balaban J connectivity index is 2.07. The van der Waals surface area contributed by atoms with E-state index in [1.54, 1.807) is 25.1 Å². The normalized spacial score (nSPS) is 11.8. The Kier molecular flexibility index (Phi) is 3.76. The lowest BCUT2D eigenvalue weighted by Crippen LogP contribution is -2.20. The summed E-state index contributed by atoms with van der Waals surface area (Å²) in [4.78, 5) is 0. The first-order valence-electron chi connectivity index (χ1n) is 6.23. The molecule has 0 bridgehead atoms. The largest absolute Gasteiger partial charge is 0.429 e. The van der Waals surface area contributed by atoms with Crippen molar-refractivity contribution in [2.24, 2.45) is 0 Å². The molecule has 0 aliphatic rings. The molecule has 0 fully saturated rings. The Hall–Kier alpha value is -1.76. The lowest BCUT2D eigenvalue weighted by atomic mass is 10.2. The molecule has 8 heteroatoms. The molecule has 0 saturated carbocycles. The highest BCUT2D eigenvalue weighted by Gasteiger charge is 2.21. The molecule has 1 aromatic heterocycles. The standard InChI is InChI=1S/C14H10Cl2N2O3S/c1-9-11-4-2-3-5-14(11)18(17-9)22(19,20)21-10-6-7-12(15)13(16)8-10/h2-8H,1H3. The number of rotatable bonds is 3. The van der Waals surface area contributed by atoms with Crippen LogP contribution in [0.1, 0.15) is 5.69 Å². The molecule has 3 aromatic rings. The molecular formula is C14H10Cl2N2O3S. The molecule has 3 rings (SSSR count). The Morgan fingerprint density at radius 3 is 2.55 bits per heavy atom. The SMILES string of the molecule is Cc1nn(S(=O)(=O)Oc2ccc(Cl)c(Cl)c2)c2ccccc12. The predicted molar refractivity (Wildman–Crippen MR) is 85.9 cm³/mol. The van der Waals surface area contributed by atoms with Gasteiger partial charge in [0.15, 0.2) is 0 Å². The summed E-state index contributed by atoms with van der Waals surface area (Å²) in [5.74, 6) is 0.0617. The molecule has 0 amide bonds. The van der Waals surface area contributed by atoms with Crippen LogP contribution in [0.5, 0.6) is 5.75 Å². The van der Waals surface area contributed by atoms with Crippen molar-refractivity contribution >= 4 is 44.4 Å². The van der Waals surface area contributed by atoms with Gasteiger partial charge < -0.3 is 4.18 Å². The minimum Gasteiger partial charge on any atom is -0.365 e. The van der Waals surface area contributed by atoms with Gasteiger partial charge in [0.2, 0.25) is 0 Å². The van der Waals surface area contributed by atoms with Gasteiger partial charge in [-0.1, -0.05) is 41.4 Å². The second-order valence-corrected chi connectivity index (χ2v) is 6.74. The van der Waals surface area contributed by atoms with Gasteiger partial charge in [0.05, 0.1) is 21.3 Å². The van der Waals surface area contributed by atoms with E-state index < -0.39 is 10.3 Å².